The van der Waals surface area contributed by atoms with Gasteiger partial charge in [0.2, 0.25) is 0 Å². The number of aromatic nitrogens is 2. The van der Waals surface area contributed by atoms with Crippen molar-refractivity contribution in [1.82, 2.24) is 14.9 Å². The topological polar surface area (TPSA) is 46.1 Å². The van der Waals surface area contributed by atoms with Crippen LogP contribution in [0.5, 0.6) is 0 Å². The summed E-state index contributed by atoms with van der Waals surface area (Å²) in [6.45, 7) is 3.96. The van der Waals surface area contributed by atoms with E-state index < -0.39 is 0 Å². The second kappa shape index (κ2) is 6.52. The number of benzene rings is 1. The van der Waals surface area contributed by atoms with Gasteiger partial charge in [-0.2, -0.15) is 0 Å². The van der Waals surface area contributed by atoms with Crippen molar-refractivity contribution >= 4 is 16.8 Å². The van der Waals surface area contributed by atoms with Crippen molar-refractivity contribution in [3.63, 3.8) is 0 Å². The number of rotatable bonds is 4. The van der Waals surface area contributed by atoms with Crippen LogP contribution < -0.4 is 0 Å². The van der Waals surface area contributed by atoms with E-state index in [4.69, 9.17) is 4.98 Å². The predicted octanol–water partition coefficient (Wildman–Crippen LogP) is 4.47. The van der Waals surface area contributed by atoms with Gasteiger partial charge in [0.25, 0.3) is 5.91 Å². The Morgan fingerprint density at radius 2 is 1.96 bits per heavy atom. The minimum Gasteiger partial charge on any atom is -0.333 e. The van der Waals surface area contributed by atoms with Crippen LogP contribution in [0.2, 0.25) is 0 Å². The lowest BCUT2D eigenvalue weighted by Crippen LogP contribution is -2.33. The molecule has 0 saturated heterocycles. The molecule has 1 saturated carbocycles. The highest BCUT2D eigenvalue weighted by atomic mass is 16.2. The number of amides is 1. The first-order chi connectivity index (χ1) is 12.6. The number of hydrogen-bond acceptors (Lipinski definition) is 3. The SMILES string of the molecule is Cc1nc2c(C)cccc2cc1C(=O)N(C)C(c1ccccn1)C1CC1. The first-order valence-corrected chi connectivity index (χ1v) is 9.11. The molecule has 0 spiro atoms. The molecule has 1 atom stereocenters. The van der Waals surface area contributed by atoms with Crippen molar-refractivity contribution in [3.05, 3.63) is 71.2 Å². The molecular formula is C22H23N3O. The van der Waals surface area contributed by atoms with E-state index in [2.05, 4.69) is 4.98 Å². The van der Waals surface area contributed by atoms with Gasteiger partial charge >= 0.3 is 0 Å². The molecule has 0 N–H and O–H groups in total. The number of fused-ring (bicyclic) bond motifs is 1. The molecule has 1 aliphatic carbocycles. The second-order valence-electron chi connectivity index (χ2n) is 7.22. The van der Waals surface area contributed by atoms with Crippen molar-refractivity contribution in [1.29, 1.82) is 0 Å². The monoisotopic (exact) mass is 345 g/mol. The van der Waals surface area contributed by atoms with Crippen LogP contribution in [0.4, 0.5) is 0 Å². The normalized spacial score (nSPS) is 15.0. The number of para-hydroxylation sites is 1. The Balaban J connectivity index is 1.72. The molecule has 2 aromatic heterocycles. The fourth-order valence-electron chi connectivity index (χ4n) is 3.69. The Hall–Kier alpha value is -2.75. The lowest BCUT2D eigenvalue weighted by atomic mass is 10.0. The number of aryl methyl sites for hydroxylation is 2. The van der Waals surface area contributed by atoms with E-state index >= 15 is 0 Å². The van der Waals surface area contributed by atoms with E-state index in [1.807, 2.05) is 68.3 Å². The molecule has 0 aliphatic heterocycles. The molecule has 1 fully saturated rings. The van der Waals surface area contributed by atoms with Gasteiger partial charge in [-0.05, 0) is 56.4 Å². The van der Waals surface area contributed by atoms with Gasteiger partial charge in [0.15, 0.2) is 0 Å². The van der Waals surface area contributed by atoms with Crippen LogP contribution in [-0.2, 0) is 0 Å². The highest BCUT2D eigenvalue weighted by Crippen LogP contribution is 2.44. The molecule has 1 unspecified atom stereocenters. The molecule has 132 valence electrons. The van der Waals surface area contributed by atoms with Gasteiger partial charge < -0.3 is 4.90 Å². The van der Waals surface area contributed by atoms with E-state index in [-0.39, 0.29) is 11.9 Å². The van der Waals surface area contributed by atoms with E-state index in [0.717, 1.165) is 40.7 Å². The molecule has 4 rings (SSSR count). The summed E-state index contributed by atoms with van der Waals surface area (Å²) in [6.07, 6.45) is 4.09. The standard InChI is InChI=1S/C22H23N3O/c1-14-7-6-8-17-13-18(15(2)24-20(14)17)22(26)25(3)21(16-10-11-16)19-9-4-5-12-23-19/h4-9,12-13,16,21H,10-11H2,1-3H3. The quantitative estimate of drug-likeness (QED) is 0.701. The molecule has 1 aliphatic rings. The third-order valence-electron chi connectivity index (χ3n) is 5.27. The minimum atomic E-state index is 0.0148. The summed E-state index contributed by atoms with van der Waals surface area (Å²) in [4.78, 5) is 24.4. The van der Waals surface area contributed by atoms with Crippen LogP contribution >= 0.6 is 0 Å². The molecule has 0 radical (unpaired) electrons. The van der Waals surface area contributed by atoms with Crippen molar-refractivity contribution < 1.29 is 4.79 Å². The number of hydrogen-bond donors (Lipinski definition) is 0. The van der Waals surface area contributed by atoms with Gasteiger partial charge in [-0.25, -0.2) is 0 Å². The number of carbonyl (C=O) groups excluding carboxylic acids is 1. The highest BCUT2D eigenvalue weighted by molar-refractivity contribution is 5.99. The molecule has 4 heteroatoms. The molecule has 3 aromatic rings. The fraction of sp³-hybridized carbons (Fsp3) is 0.318. The van der Waals surface area contributed by atoms with Gasteiger partial charge in [-0.3, -0.25) is 14.8 Å². The van der Waals surface area contributed by atoms with Crippen molar-refractivity contribution in [3.8, 4) is 0 Å². The molecule has 1 amide bonds. The third-order valence-corrected chi connectivity index (χ3v) is 5.27. The molecule has 2 heterocycles. The van der Waals surface area contributed by atoms with Gasteiger partial charge in [-0.15, -0.1) is 0 Å². The summed E-state index contributed by atoms with van der Waals surface area (Å²) >= 11 is 0. The van der Waals surface area contributed by atoms with Crippen LogP contribution in [0, 0.1) is 19.8 Å². The zero-order valence-electron chi connectivity index (χ0n) is 15.4. The summed E-state index contributed by atoms with van der Waals surface area (Å²) in [7, 11) is 1.89. The maximum Gasteiger partial charge on any atom is 0.256 e. The maximum absolute atomic E-state index is 13.3. The van der Waals surface area contributed by atoms with Crippen LogP contribution in [0.25, 0.3) is 10.9 Å². The number of pyridine rings is 2. The molecule has 0 bridgehead atoms. The minimum absolute atomic E-state index is 0.0148. The summed E-state index contributed by atoms with van der Waals surface area (Å²) in [5.41, 5.74) is 4.51. The lowest BCUT2D eigenvalue weighted by Gasteiger charge is -2.28. The summed E-state index contributed by atoms with van der Waals surface area (Å²) < 4.78 is 0. The molecule has 1 aromatic carbocycles. The first-order valence-electron chi connectivity index (χ1n) is 9.11. The Labute approximate surface area is 153 Å². The predicted molar refractivity (Wildman–Crippen MR) is 103 cm³/mol. The third kappa shape index (κ3) is 2.96. The van der Waals surface area contributed by atoms with Crippen LogP contribution in [-0.4, -0.2) is 27.8 Å². The van der Waals surface area contributed by atoms with Gasteiger partial charge in [-0.1, -0.05) is 24.3 Å². The van der Waals surface area contributed by atoms with Crippen molar-refractivity contribution in [2.45, 2.75) is 32.7 Å². The summed E-state index contributed by atoms with van der Waals surface area (Å²) in [5.74, 6) is 0.510. The van der Waals surface area contributed by atoms with E-state index in [9.17, 15) is 4.79 Å². The molecule has 26 heavy (non-hydrogen) atoms. The van der Waals surface area contributed by atoms with E-state index in [1.165, 1.54) is 0 Å². The lowest BCUT2D eigenvalue weighted by molar-refractivity contribution is 0.0706. The Morgan fingerprint density at radius 1 is 1.15 bits per heavy atom. The van der Waals surface area contributed by atoms with Crippen molar-refractivity contribution in [2.24, 2.45) is 5.92 Å². The summed E-state index contributed by atoms with van der Waals surface area (Å²) in [5, 5.41) is 1.01. The van der Waals surface area contributed by atoms with Crippen LogP contribution in [0.3, 0.4) is 0 Å². The zero-order valence-corrected chi connectivity index (χ0v) is 15.4. The summed E-state index contributed by atoms with van der Waals surface area (Å²) in [6, 6.07) is 14.0. The van der Waals surface area contributed by atoms with Crippen molar-refractivity contribution in [2.75, 3.05) is 7.05 Å². The Bertz CT molecular complexity index is 964. The average Bonchev–Trinajstić information content (AvgIpc) is 3.47. The van der Waals surface area contributed by atoms with E-state index in [1.54, 1.807) is 6.20 Å². The van der Waals surface area contributed by atoms with Gasteiger partial charge in [0.1, 0.15) is 0 Å². The number of carbonyl (C=O) groups is 1. The fourth-order valence-corrected chi connectivity index (χ4v) is 3.69. The Morgan fingerprint density at radius 3 is 2.65 bits per heavy atom. The maximum atomic E-state index is 13.3. The van der Waals surface area contributed by atoms with Crippen LogP contribution in [0.15, 0.2) is 48.7 Å². The van der Waals surface area contributed by atoms with E-state index in [0.29, 0.717) is 11.5 Å². The second-order valence-corrected chi connectivity index (χ2v) is 7.22. The van der Waals surface area contributed by atoms with Crippen LogP contribution in [0.1, 0.15) is 46.2 Å². The molecule has 4 nitrogen and oxygen atoms in total. The molecular weight excluding hydrogens is 322 g/mol. The zero-order chi connectivity index (χ0) is 18.3. The highest BCUT2D eigenvalue weighted by Gasteiger charge is 2.38. The average molecular weight is 345 g/mol. The number of nitrogens with zero attached hydrogens (tertiary/aromatic N) is 3. The largest absolute Gasteiger partial charge is 0.333 e. The first kappa shape index (κ1) is 16.7. The van der Waals surface area contributed by atoms with Gasteiger partial charge in [0, 0.05) is 18.6 Å². The van der Waals surface area contributed by atoms with Gasteiger partial charge in [0.05, 0.1) is 28.5 Å². The Kier molecular flexibility index (Phi) is 4.19. The smallest absolute Gasteiger partial charge is 0.256 e.